The molecule has 6 nitrogen and oxygen atoms in total. The fourth-order valence-electron chi connectivity index (χ4n) is 2.24. The van der Waals surface area contributed by atoms with Gasteiger partial charge in [0.1, 0.15) is 0 Å². The molecule has 1 saturated carbocycles. The molecular formula is C14H24N2O4. The van der Waals surface area contributed by atoms with Gasteiger partial charge < -0.3 is 15.6 Å². The predicted octanol–water partition coefficient (Wildman–Crippen LogP) is 1.95. The molecule has 1 fully saturated rings. The number of nitrogens with two attached hydrogens (primary N) is 1. The van der Waals surface area contributed by atoms with E-state index >= 15 is 0 Å². The number of nitrogens with zero attached hydrogens (tertiary/aromatic N) is 1. The molecule has 0 aromatic heterocycles. The van der Waals surface area contributed by atoms with E-state index in [4.69, 9.17) is 15.6 Å². The van der Waals surface area contributed by atoms with Gasteiger partial charge in [-0.2, -0.15) is 0 Å². The van der Waals surface area contributed by atoms with E-state index in [1.165, 1.54) is 12.0 Å². The molecule has 114 valence electrons. The normalized spacial score (nSPS) is 18.3. The molecule has 0 saturated heterocycles. The van der Waals surface area contributed by atoms with E-state index in [1.54, 1.807) is 6.92 Å². The summed E-state index contributed by atoms with van der Waals surface area (Å²) >= 11 is 0. The van der Waals surface area contributed by atoms with E-state index in [0.717, 1.165) is 31.3 Å². The fraction of sp³-hybridized carbons (Fsp3) is 0.714. The summed E-state index contributed by atoms with van der Waals surface area (Å²) in [4.78, 5) is 23.8. The standard InChI is InChI=1S/C14H24N2O4/c1-10(9-16(11(2)15)13(18)19)5-4-6-14(7-8-14)12(17)20-3/h5,11H,4,6-9,15H2,1-3H3,(H,18,19)/b10-5-. The summed E-state index contributed by atoms with van der Waals surface area (Å²) in [5.41, 5.74) is 6.25. The summed E-state index contributed by atoms with van der Waals surface area (Å²) in [5.74, 6) is -0.133. The van der Waals surface area contributed by atoms with E-state index in [2.05, 4.69) is 0 Å². The van der Waals surface area contributed by atoms with Crippen molar-refractivity contribution in [1.82, 2.24) is 4.90 Å². The number of hydrogen-bond acceptors (Lipinski definition) is 4. The molecule has 0 aromatic rings. The summed E-state index contributed by atoms with van der Waals surface area (Å²) in [6, 6.07) is 0. The Balaban J connectivity index is 2.46. The van der Waals surface area contributed by atoms with Gasteiger partial charge in [0.25, 0.3) is 0 Å². The van der Waals surface area contributed by atoms with Gasteiger partial charge in [-0.3, -0.25) is 9.69 Å². The molecule has 1 aliphatic carbocycles. The van der Waals surface area contributed by atoms with Gasteiger partial charge in [0.05, 0.1) is 18.7 Å². The Hall–Kier alpha value is -1.56. The van der Waals surface area contributed by atoms with Gasteiger partial charge in [0, 0.05) is 6.54 Å². The second kappa shape index (κ2) is 6.74. The first kappa shape index (κ1) is 16.5. The van der Waals surface area contributed by atoms with Crippen LogP contribution in [0.1, 0.15) is 39.5 Å². The Kier molecular flexibility index (Phi) is 5.56. The number of carbonyl (C=O) groups is 2. The summed E-state index contributed by atoms with van der Waals surface area (Å²) in [6.45, 7) is 3.80. The topological polar surface area (TPSA) is 92.9 Å². The first-order valence-corrected chi connectivity index (χ1v) is 6.81. The summed E-state index contributed by atoms with van der Waals surface area (Å²) in [7, 11) is 1.41. The van der Waals surface area contributed by atoms with Gasteiger partial charge in [0.2, 0.25) is 0 Å². The molecule has 20 heavy (non-hydrogen) atoms. The summed E-state index contributed by atoms with van der Waals surface area (Å²) < 4.78 is 4.80. The minimum Gasteiger partial charge on any atom is -0.469 e. The maximum atomic E-state index is 11.6. The molecule has 1 atom stereocenters. The van der Waals surface area contributed by atoms with E-state index in [1.807, 2.05) is 13.0 Å². The van der Waals surface area contributed by atoms with Crippen LogP contribution >= 0.6 is 0 Å². The van der Waals surface area contributed by atoms with Crippen molar-refractivity contribution in [3.63, 3.8) is 0 Å². The zero-order chi connectivity index (χ0) is 15.3. The average Bonchev–Trinajstić information content (AvgIpc) is 3.15. The Morgan fingerprint density at radius 3 is 2.50 bits per heavy atom. The van der Waals surface area contributed by atoms with Crippen molar-refractivity contribution in [1.29, 1.82) is 0 Å². The molecular weight excluding hydrogens is 260 g/mol. The number of methoxy groups -OCH3 is 1. The number of hydrogen-bond donors (Lipinski definition) is 2. The van der Waals surface area contributed by atoms with Crippen LogP contribution in [0.2, 0.25) is 0 Å². The number of esters is 1. The van der Waals surface area contributed by atoms with E-state index in [9.17, 15) is 9.59 Å². The third-order valence-electron chi connectivity index (χ3n) is 3.74. The van der Waals surface area contributed by atoms with Crippen LogP contribution in [0.25, 0.3) is 0 Å². The molecule has 1 unspecified atom stereocenters. The van der Waals surface area contributed by atoms with E-state index in [0.29, 0.717) is 0 Å². The van der Waals surface area contributed by atoms with Crippen LogP contribution in [0.5, 0.6) is 0 Å². The molecule has 0 aromatic carbocycles. The zero-order valence-electron chi connectivity index (χ0n) is 12.4. The van der Waals surface area contributed by atoms with Gasteiger partial charge in [-0.1, -0.05) is 11.6 Å². The van der Waals surface area contributed by atoms with Crippen LogP contribution in [0.4, 0.5) is 4.79 Å². The Morgan fingerprint density at radius 2 is 2.10 bits per heavy atom. The molecule has 0 aliphatic heterocycles. The third kappa shape index (κ3) is 4.23. The number of allylic oxidation sites excluding steroid dienone is 1. The predicted molar refractivity (Wildman–Crippen MR) is 75.1 cm³/mol. The largest absolute Gasteiger partial charge is 0.469 e. The third-order valence-corrected chi connectivity index (χ3v) is 3.74. The molecule has 0 heterocycles. The van der Waals surface area contributed by atoms with Gasteiger partial charge in [-0.05, 0) is 39.5 Å². The summed E-state index contributed by atoms with van der Waals surface area (Å²) in [5, 5.41) is 9.02. The highest BCUT2D eigenvalue weighted by Gasteiger charge is 2.49. The lowest BCUT2D eigenvalue weighted by molar-refractivity contribution is -0.147. The molecule has 3 N–H and O–H groups in total. The first-order valence-electron chi connectivity index (χ1n) is 6.81. The molecule has 1 amide bonds. The lowest BCUT2D eigenvalue weighted by Gasteiger charge is -2.23. The molecule has 6 heteroatoms. The number of rotatable bonds is 7. The molecule has 1 rings (SSSR count). The van der Waals surface area contributed by atoms with Crippen LogP contribution in [0, 0.1) is 5.41 Å². The monoisotopic (exact) mass is 284 g/mol. The average molecular weight is 284 g/mol. The molecule has 0 radical (unpaired) electrons. The maximum absolute atomic E-state index is 11.6. The van der Waals surface area contributed by atoms with Crippen molar-refractivity contribution in [2.75, 3.05) is 13.7 Å². The number of amides is 1. The SMILES string of the molecule is COC(=O)C1(CC/C=C(/C)CN(C(=O)O)C(C)N)CC1. The van der Waals surface area contributed by atoms with Crippen molar-refractivity contribution in [3.05, 3.63) is 11.6 Å². The number of carboxylic acid groups (broad SMARTS) is 1. The first-order chi connectivity index (χ1) is 9.32. The van der Waals surface area contributed by atoms with Gasteiger partial charge in [-0.25, -0.2) is 4.79 Å². The lowest BCUT2D eigenvalue weighted by atomic mass is 9.99. The maximum Gasteiger partial charge on any atom is 0.408 e. The fourth-order valence-corrected chi connectivity index (χ4v) is 2.24. The Labute approximate surface area is 119 Å². The lowest BCUT2D eigenvalue weighted by Crippen LogP contribution is -2.43. The Bertz CT molecular complexity index is 400. The molecule has 0 spiro atoms. The van der Waals surface area contributed by atoms with Gasteiger partial charge in [-0.15, -0.1) is 0 Å². The quantitative estimate of drug-likeness (QED) is 0.423. The zero-order valence-corrected chi connectivity index (χ0v) is 12.4. The van der Waals surface area contributed by atoms with Crippen molar-refractivity contribution in [3.8, 4) is 0 Å². The van der Waals surface area contributed by atoms with Crippen molar-refractivity contribution in [2.45, 2.75) is 45.7 Å². The highest BCUT2D eigenvalue weighted by molar-refractivity contribution is 5.79. The van der Waals surface area contributed by atoms with Crippen molar-refractivity contribution in [2.24, 2.45) is 11.1 Å². The summed E-state index contributed by atoms with van der Waals surface area (Å²) in [6.07, 6.45) is 3.67. The van der Waals surface area contributed by atoms with Crippen LogP contribution in [0.3, 0.4) is 0 Å². The second-order valence-electron chi connectivity index (χ2n) is 5.51. The smallest absolute Gasteiger partial charge is 0.408 e. The van der Waals surface area contributed by atoms with Crippen molar-refractivity contribution < 1.29 is 19.4 Å². The minimum atomic E-state index is -1.03. The minimum absolute atomic E-state index is 0.133. The second-order valence-corrected chi connectivity index (χ2v) is 5.51. The van der Waals surface area contributed by atoms with Crippen LogP contribution in [0.15, 0.2) is 11.6 Å². The van der Waals surface area contributed by atoms with Gasteiger partial charge in [0.15, 0.2) is 0 Å². The highest BCUT2D eigenvalue weighted by atomic mass is 16.5. The molecule has 1 aliphatic rings. The van der Waals surface area contributed by atoms with Crippen LogP contribution in [-0.4, -0.2) is 41.9 Å². The number of carbonyl (C=O) groups excluding carboxylic acids is 1. The van der Waals surface area contributed by atoms with Crippen LogP contribution < -0.4 is 5.73 Å². The van der Waals surface area contributed by atoms with E-state index in [-0.39, 0.29) is 17.9 Å². The Morgan fingerprint density at radius 1 is 1.50 bits per heavy atom. The van der Waals surface area contributed by atoms with E-state index < -0.39 is 12.3 Å². The van der Waals surface area contributed by atoms with Gasteiger partial charge >= 0.3 is 12.1 Å². The highest BCUT2D eigenvalue weighted by Crippen LogP contribution is 2.50. The van der Waals surface area contributed by atoms with Crippen LogP contribution in [-0.2, 0) is 9.53 Å². The number of ether oxygens (including phenoxy) is 1. The molecule has 0 bridgehead atoms. The van der Waals surface area contributed by atoms with Crippen molar-refractivity contribution >= 4 is 12.1 Å².